The topological polar surface area (TPSA) is 66.4 Å². The van der Waals surface area contributed by atoms with Crippen LogP contribution in [0.3, 0.4) is 0 Å². The highest BCUT2D eigenvalue weighted by Crippen LogP contribution is 2.40. The van der Waals surface area contributed by atoms with E-state index in [1.807, 2.05) is 30.3 Å². The van der Waals surface area contributed by atoms with Gasteiger partial charge < -0.3 is 10.4 Å². The summed E-state index contributed by atoms with van der Waals surface area (Å²) in [5.41, 5.74) is 1.26. The van der Waals surface area contributed by atoms with Crippen molar-refractivity contribution in [2.75, 3.05) is 6.54 Å². The Labute approximate surface area is 124 Å². The summed E-state index contributed by atoms with van der Waals surface area (Å²) in [5.74, 6) is 0.152. The van der Waals surface area contributed by atoms with Gasteiger partial charge in [0.1, 0.15) is 5.78 Å². The van der Waals surface area contributed by atoms with Crippen LogP contribution < -0.4 is 5.32 Å². The summed E-state index contributed by atoms with van der Waals surface area (Å²) in [6.07, 6.45) is 2.52. The number of rotatable bonds is 5. The van der Waals surface area contributed by atoms with E-state index in [0.29, 0.717) is 12.8 Å². The number of hydrogen-bond donors (Lipinski definition) is 2. The summed E-state index contributed by atoms with van der Waals surface area (Å²) >= 11 is 0. The number of hydrogen-bond acceptors (Lipinski definition) is 2. The van der Waals surface area contributed by atoms with Gasteiger partial charge >= 0.3 is 6.09 Å². The van der Waals surface area contributed by atoms with Gasteiger partial charge in [0.25, 0.3) is 0 Å². The second-order valence-corrected chi connectivity index (χ2v) is 5.72. The Balaban J connectivity index is 2.17. The van der Waals surface area contributed by atoms with E-state index in [4.69, 9.17) is 5.11 Å². The van der Waals surface area contributed by atoms with Crippen LogP contribution in [0.4, 0.5) is 4.79 Å². The van der Waals surface area contributed by atoms with Crippen LogP contribution in [-0.4, -0.2) is 23.5 Å². The molecule has 0 saturated heterocycles. The van der Waals surface area contributed by atoms with Gasteiger partial charge in [0.05, 0.1) is 5.41 Å². The van der Waals surface area contributed by atoms with Crippen molar-refractivity contribution in [1.29, 1.82) is 0 Å². The monoisotopic (exact) mass is 287 g/mol. The third-order valence-corrected chi connectivity index (χ3v) is 4.21. The normalized spacial score (nSPS) is 21.8. The Hall–Kier alpha value is -2.10. The number of nitrogens with one attached hydrogen (secondary N) is 1. The molecule has 21 heavy (non-hydrogen) atoms. The number of Topliss-reactive ketones (excluding diaryl/α,β-unsaturated/α-hetero) is 1. The summed E-state index contributed by atoms with van der Waals surface area (Å²) < 4.78 is 0. The third-order valence-electron chi connectivity index (χ3n) is 4.21. The van der Waals surface area contributed by atoms with Gasteiger partial charge in [-0.2, -0.15) is 0 Å². The Bertz CT molecular complexity index is 538. The van der Waals surface area contributed by atoms with Gasteiger partial charge in [0, 0.05) is 13.0 Å². The van der Waals surface area contributed by atoms with Gasteiger partial charge in [-0.05, 0) is 30.4 Å². The molecule has 0 aliphatic heterocycles. The number of carboxylic acid groups (broad SMARTS) is 1. The van der Waals surface area contributed by atoms with Crippen molar-refractivity contribution in [2.45, 2.75) is 32.1 Å². The van der Waals surface area contributed by atoms with Gasteiger partial charge in [-0.1, -0.05) is 43.3 Å². The minimum Gasteiger partial charge on any atom is -0.465 e. The lowest BCUT2D eigenvalue weighted by Gasteiger charge is -2.36. The standard InChI is InChI=1S/C17H21NO3/c1-13(14-7-3-2-4-8-14)11-17(12-18-16(20)21)10-6-5-9-15(17)19/h2-4,7-8,18H,1,5-6,9-12H2,(H,20,21). The summed E-state index contributed by atoms with van der Waals surface area (Å²) in [6, 6.07) is 9.74. The minimum atomic E-state index is -1.09. The highest BCUT2D eigenvalue weighted by atomic mass is 16.4. The number of carbonyl (C=O) groups excluding carboxylic acids is 1. The SMILES string of the molecule is C=C(CC1(CNC(=O)O)CCCCC1=O)c1ccccc1. The maximum absolute atomic E-state index is 12.4. The predicted octanol–water partition coefficient (Wildman–Crippen LogP) is 3.49. The number of allylic oxidation sites excluding steroid dienone is 1. The van der Waals surface area contributed by atoms with E-state index in [1.54, 1.807) is 0 Å². The molecule has 0 aromatic heterocycles. The van der Waals surface area contributed by atoms with Crippen LogP contribution in [0.1, 0.15) is 37.7 Å². The Morgan fingerprint density at radius 1 is 1.29 bits per heavy atom. The Morgan fingerprint density at radius 2 is 2.00 bits per heavy atom. The molecule has 1 saturated carbocycles. The number of carbonyl (C=O) groups is 2. The quantitative estimate of drug-likeness (QED) is 0.871. The van der Waals surface area contributed by atoms with Gasteiger partial charge in [0.2, 0.25) is 0 Å². The fourth-order valence-corrected chi connectivity index (χ4v) is 3.02. The molecule has 0 bridgehead atoms. The lowest BCUT2D eigenvalue weighted by molar-refractivity contribution is -0.130. The Morgan fingerprint density at radius 3 is 2.62 bits per heavy atom. The van der Waals surface area contributed by atoms with Crippen molar-refractivity contribution < 1.29 is 14.7 Å². The molecule has 1 aromatic rings. The molecule has 1 unspecified atom stereocenters. The largest absolute Gasteiger partial charge is 0.465 e. The van der Waals surface area contributed by atoms with E-state index in [-0.39, 0.29) is 12.3 Å². The van der Waals surface area contributed by atoms with Crippen LogP contribution in [0.15, 0.2) is 36.9 Å². The van der Waals surface area contributed by atoms with Gasteiger partial charge in [-0.3, -0.25) is 4.79 Å². The number of amides is 1. The van der Waals surface area contributed by atoms with E-state index in [2.05, 4.69) is 11.9 Å². The highest BCUT2D eigenvalue weighted by molar-refractivity contribution is 5.88. The minimum absolute atomic E-state index is 0.152. The fourth-order valence-electron chi connectivity index (χ4n) is 3.02. The molecule has 0 heterocycles. The zero-order valence-electron chi connectivity index (χ0n) is 12.1. The van der Waals surface area contributed by atoms with E-state index < -0.39 is 11.5 Å². The van der Waals surface area contributed by atoms with E-state index in [9.17, 15) is 9.59 Å². The van der Waals surface area contributed by atoms with Crippen molar-refractivity contribution in [2.24, 2.45) is 5.41 Å². The predicted molar refractivity (Wildman–Crippen MR) is 82.0 cm³/mol. The molecule has 112 valence electrons. The van der Waals surface area contributed by atoms with Crippen LogP contribution >= 0.6 is 0 Å². The molecule has 0 radical (unpaired) electrons. The lowest BCUT2D eigenvalue weighted by atomic mass is 9.68. The zero-order chi connectivity index (χ0) is 15.3. The summed E-state index contributed by atoms with van der Waals surface area (Å²) in [4.78, 5) is 23.2. The van der Waals surface area contributed by atoms with Crippen molar-refractivity contribution in [3.8, 4) is 0 Å². The molecule has 1 amide bonds. The molecule has 2 rings (SSSR count). The number of benzene rings is 1. The average Bonchev–Trinajstić information content (AvgIpc) is 2.49. The van der Waals surface area contributed by atoms with Crippen LogP contribution in [0.25, 0.3) is 5.57 Å². The molecular weight excluding hydrogens is 266 g/mol. The maximum Gasteiger partial charge on any atom is 0.404 e. The fraction of sp³-hybridized carbons (Fsp3) is 0.412. The average molecular weight is 287 g/mol. The van der Waals surface area contributed by atoms with E-state index >= 15 is 0 Å². The van der Waals surface area contributed by atoms with Crippen LogP contribution in [0.2, 0.25) is 0 Å². The molecule has 4 nitrogen and oxygen atoms in total. The van der Waals surface area contributed by atoms with Crippen molar-refractivity contribution >= 4 is 17.4 Å². The number of ketones is 1. The Kier molecular flexibility index (Phi) is 4.78. The van der Waals surface area contributed by atoms with Crippen LogP contribution in [0.5, 0.6) is 0 Å². The molecule has 0 spiro atoms. The summed E-state index contributed by atoms with van der Waals surface area (Å²) in [6.45, 7) is 4.27. The second-order valence-electron chi connectivity index (χ2n) is 5.72. The third kappa shape index (κ3) is 3.72. The zero-order valence-corrected chi connectivity index (χ0v) is 12.1. The highest BCUT2D eigenvalue weighted by Gasteiger charge is 2.40. The molecule has 1 aliphatic rings. The van der Waals surface area contributed by atoms with Crippen LogP contribution in [-0.2, 0) is 4.79 Å². The first-order valence-electron chi connectivity index (χ1n) is 7.27. The molecule has 1 aliphatic carbocycles. The van der Waals surface area contributed by atoms with Crippen molar-refractivity contribution in [3.63, 3.8) is 0 Å². The molecule has 4 heteroatoms. The smallest absolute Gasteiger partial charge is 0.404 e. The van der Waals surface area contributed by atoms with Gasteiger partial charge in [-0.15, -0.1) is 0 Å². The second kappa shape index (κ2) is 6.57. The molecule has 1 fully saturated rings. The molecule has 2 N–H and O–H groups in total. The van der Waals surface area contributed by atoms with Crippen molar-refractivity contribution in [1.82, 2.24) is 5.32 Å². The lowest BCUT2D eigenvalue weighted by Crippen LogP contribution is -2.44. The van der Waals surface area contributed by atoms with E-state index in [0.717, 1.165) is 30.4 Å². The van der Waals surface area contributed by atoms with Gasteiger partial charge in [0.15, 0.2) is 0 Å². The summed E-state index contributed by atoms with van der Waals surface area (Å²) in [7, 11) is 0. The molecule has 1 atom stereocenters. The first-order valence-corrected chi connectivity index (χ1v) is 7.27. The first-order chi connectivity index (χ1) is 10.0. The molecule has 1 aromatic carbocycles. The van der Waals surface area contributed by atoms with E-state index in [1.165, 1.54) is 0 Å². The summed E-state index contributed by atoms with van der Waals surface area (Å²) in [5, 5.41) is 11.2. The first kappa shape index (κ1) is 15.3. The van der Waals surface area contributed by atoms with Gasteiger partial charge in [-0.25, -0.2) is 4.79 Å². The maximum atomic E-state index is 12.4. The van der Waals surface area contributed by atoms with Crippen molar-refractivity contribution in [3.05, 3.63) is 42.5 Å². The molecular formula is C17H21NO3. The van der Waals surface area contributed by atoms with Crippen LogP contribution in [0, 0.1) is 5.41 Å².